The summed E-state index contributed by atoms with van der Waals surface area (Å²) in [7, 11) is -2.11. The van der Waals surface area contributed by atoms with Crippen LogP contribution in [-0.4, -0.2) is 75.1 Å². The average Bonchev–Trinajstić information content (AvgIpc) is 2.82. The summed E-state index contributed by atoms with van der Waals surface area (Å²) in [6, 6.07) is 11.8. The van der Waals surface area contributed by atoms with Crippen LogP contribution in [0.4, 0.5) is 0 Å². The molecule has 1 aliphatic heterocycles. The van der Waals surface area contributed by atoms with Gasteiger partial charge in [-0.1, -0.05) is 26.0 Å². The highest BCUT2D eigenvalue weighted by Crippen LogP contribution is 2.29. The molecule has 0 atom stereocenters. The molecule has 32 heavy (non-hydrogen) atoms. The minimum atomic E-state index is -3.61. The van der Waals surface area contributed by atoms with Crippen molar-refractivity contribution in [2.45, 2.75) is 24.7 Å². The zero-order valence-electron chi connectivity index (χ0n) is 18.7. The van der Waals surface area contributed by atoms with E-state index in [4.69, 9.17) is 14.6 Å². The first-order valence-corrected chi connectivity index (χ1v) is 12.0. The number of piperazine rings is 1. The lowest BCUT2D eigenvalue weighted by atomic mass is 10.0. The largest absolute Gasteiger partial charge is 0.493 e. The Bertz CT molecular complexity index is 1030. The Morgan fingerprint density at radius 3 is 2.25 bits per heavy atom. The fourth-order valence-corrected chi connectivity index (χ4v) is 4.99. The maximum atomic E-state index is 13.0. The van der Waals surface area contributed by atoms with Crippen molar-refractivity contribution in [2.24, 2.45) is 0 Å². The highest BCUT2D eigenvalue weighted by molar-refractivity contribution is 7.89. The van der Waals surface area contributed by atoms with Gasteiger partial charge in [0.2, 0.25) is 10.0 Å². The zero-order chi connectivity index (χ0) is 23.3. The van der Waals surface area contributed by atoms with Crippen LogP contribution in [0.2, 0.25) is 0 Å². The third-order valence-electron chi connectivity index (χ3n) is 5.47. The van der Waals surface area contributed by atoms with Crippen LogP contribution < -0.4 is 9.47 Å². The van der Waals surface area contributed by atoms with Crippen LogP contribution in [0.15, 0.2) is 47.4 Å². The van der Waals surface area contributed by atoms with Crippen LogP contribution in [0.3, 0.4) is 0 Å². The molecule has 0 aromatic heterocycles. The third-order valence-corrected chi connectivity index (χ3v) is 7.38. The molecular formula is C23H30N2O6S. The summed E-state index contributed by atoms with van der Waals surface area (Å²) in [5, 5.41) is 8.99. The van der Waals surface area contributed by atoms with Crippen molar-refractivity contribution in [3.05, 3.63) is 53.6 Å². The van der Waals surface area contributed by atoms with Gasteiger partial charge < -0.3 is 19.5 Å². The Morgan fingerprint density at radius 2 is 1.69 bits per heavy atom. The fraction of sp³-hybridized carbons (Fsp3) is 0.435. The van der Waals surface area contributed by atoms with Gasteiger partial charge in [0.25, 0.3) is 5.91 Å². The molecule has 0 bridgehead atoms. The number of carbonyl (C=O) groups is 1. The molecule has 9 heteroatoms. The van der Waals surface area contributed by atoms with E-state index in [9.17, 15) is 13.2 Å². The van der Waals surface area contributed by atoms with Crippen LogP contribution in [0.25, 0.3) is 0 Å². The maximum Gasteiger partial charge on any atom is 0.254 e. The predicted octanol–water partition coefficient (Wildman–Crippen LogP) is 2.34. The van der Waals surface area contributed by atoms with E-state index in [-0.39, 0.29) is 37.1 Å². The van der Waals surface area contributed by atoms with Crippen LogP contribution >= 0.6 is 0 Å². The topological polar surface area (TPSA) is 96.4 Å². The van der Waals surface area contributed by atoms with Gasteiger partial charge in [0, 0.05) is 31.7 Å². The van der Waals surface area contributed by atoms with Crippen molar-refractivity contribution in [3.63, 3.8) is 0 Å². The van der Waals surface area contributed by atoms with Crippen LogP contribution in [0.1, 0.15) is 35.7 Å². The molecule has 0 radical (unpaired) electrons. The second-order valence-electron chi connectivity index (χ2n) is 7.86. The molecule has 0 saturated carbocycles. The Hall–Kier alpha value is -2.62. The number of methoxy groups -OCH3 is 1. The molecule has 1 amide bonds. The number of nitrogens with zero attached hydrogens (tertiary/aromatic N) is 2. The van der Waals surface area contributed by atoms with E-state index < -0.39 is 10.0 Å². The molecule has 174 valence electrons. The van der Waals surface area contributed by atoms with Gasteiger partial charge in [0.1, 0.15) is 6.61 Å². The van der Waals surface area contributed by atoms with Crippen molar-refractivity contribution in [2.75, 3.05) is 46.5 Å². The lowest BCUT2D eigenvalue weighted by Gasteiger charge is -2.34. The lowest BCUT2D eigenvalue weighted by Crippen LogP contribution is -2.50. The first-order chi connectivity index (χ1) is 15.3. The van der Waals surface area contributed by atoms with E-state index in [0.29, 0.717) is 36.1 Å². The lowest BCUT2D eigenvalue weighted by molar-refractivity contribution is 0.0697. The first kappa shape index (κ1) is 24.0. The predicted molar refractivity (Wildman–Crippen MR) is 121 cm³/mol. The molecule has 2 aromatic carbocycles. The van der Waals surface area contributed by atoms with E-state index in [1.807, 2.05) is 12.1 Å². The zero-order valence-corrected chi connectivity index (χ0v) is 19.5. The molecule has 8 nitrogen and oxygen atoms in total. The molecule has 1 N–H and O–H groups in total. The monoisotopic (exact) mass is 462 g/mol. The number of ether oxygens (including phenoxy) is 2. The molecule has 1 heterocycles. The number of hydrogen-bond acceptors (Lipinski definition) is 6. The fourth-order valence-electron chi connectivity index (χ4n) is 3.57. The second-order valence-corrected chi connectivity index (χ2v) is 9.80. The number of benzene rings is 2. The number of amides is 1. The number of hydrogen-bond donors (Lipinski definition) is 1. The van der Waals surface area contributed by atoms with Gasteiger partial charge in [-0.3, -0.25) is 4.79 Å². The summed E-state index contributed by atoms with van der Waals surface area (Å²) in [4.78, 5) is 14.9. The smallest absolute Gasteiger partial charge is 0.254 e. The van der Waals surface area contributed by atoms with Gasteiger partial charge in [0.05, 0.1) is 18.6 Å². The Morgan fingerprint density at radius 1 is 1.03 bits per heavy atom. The highest BCUT2D eigenvalue weighted by Gasteiger charge is 2.30. The van der Waals surface area contributed by atoms with Gasteiger partial charge in [0.15, 0.2) is 11.5 Å². The minimum Gasteiger partial charge on any atom is -0.493 e. The molecule has 2 aromatic rings. The first-order valence-electron chi connectivity index (χ1n) is 10.6. The van der Waals surface area contributed by atoms with E-state index >= 15 is 0 Å². The number of aliphatic hydroxyl groups excluding tert-OH is 1. The summed E-state index contributed by atoms with van der Waals surface area (Å²) in [5.41, 5.74) is 1.50. The van der Waals surface area contributed by atoms with Crippen LogP contribution in [-0.2, 0) is 10.0 Å². The SMILES string of the molecule is COc1ccc(C(=O)N2CCN(S(=O)(=O)c3ccc(C(C)C)cc3)CC2)cc1OCCO. The summed E-state index contributed by atoms with van der Waals surface area (Å²) in [6.07, 6.45) is 0. The van der Waals surface area contributed by atoms with Gasteiger partial charge >= 0.3 is 0 Å². The Labute approximate surface area is 189 Å². The maximum absolute atomic E-state index is 13.0. The number of carbonyl (C=O) groups excluding carboxylic acids is 1. The van der Waals surface area contributed by atoms with Gasteiger partial charge in [-0.05, 0) is 41.8 Å². The molecule has 3 rings (SSSR count). The molecule has 0 aliphatic carbocycles. The number of sulfonamides is 1. The third kappa shape index (κ3) is 5.23. The number of rotatable bonds is 8. The minimum absolute atomic E-state index is 0.0860. The van der Waals surface area contributed by atoms with Crippen molar-refractivity contribution < 1.29 is 27.8 Å². The van der Waals surface area contributed by atoms with Gasteiger partial charge in [-0.15, -0.1) is 0 Å². The van der Waals surface area contributed by atoms with E-state index in [1.54, 1.807) is 35.2 Å². The summed E-state index contributed by atoms with van der Waals surface area (Å²) in [6.45, 7) is 5.09. The van der Waals surface area contributed by atoms with E-state index in [0.717, 1.165) is 5.56 Å². The van der Waals surface area contributed by atoms with Gasteiger partial charge in [-0.25, -0.2) is 8.42 Å². The van der Waals surface area contributed by atoms with Crippen molar-refractivity contribution >= 4 is 15.9 Å². The molecule has 1 fully saturated rings. The molecular weight excluding hydrogens is 432 g/mol. The van der Waals surface area contributed by atoms with Crippen molar-refractivity contribution in [1.29, 1.82) is 0 Å². The van der Waals surface area contributed by atoms with Crippen LogP contribution in [0, 0.1) is 0 Å². The normalized spacial score (nSPS) is 15.1. The Kier molecular flexibility index (Phi) is 7.76. The van der Waals surface area contributed by atoms with Crippen LogP contribution in [0.5, 0.6) is 11.5 Å². The summed E-state index contributed by atoms with van der Waals surface area (Å²) >= 11 is 0. The van der Waals surface area contributed by atoms with E-state index in [2.05, 4.69) is 13.8 Å². The van der Waals surface area contributed by atoms with Gasteiger partial charge in [-0.2, -0.15) is 4.31 Å². The number of aliphatic hydroxyl groups is 1. The summed E-state index contributed by atoms with van der Waals surface area (Å²) in [5.74, 6) is 0.960. The molecule has 0 spiro atoms. The quantitative estimate of drug-likeness (QED) is 0.647. The average molecular weight is 463 g/mol. The molecule has 0 unspecified atom stereocenters. The molecule has 1 aliphatic rings. The standard InChI is InChI=1S/C23H30N2O6S/c1-17(2)18-4-7-20(8-5-18)32(28,29)25-12-10-24(11-13-25)23(27)19-6-9-21(30-3)22(16-19)31-15-14-26/h4-9,16-17,26H,10-15H2,1-3H3. The summed E-state index contributed by atoms with van der Waals surface area (Å²) < 4.78 is 38.1. The van der Waals surface area contributed by atoms with Crippen molar-refractivity contribution in [1.82, 2.24) is 9.21 Å². The Balaban J connectivity index is 1.68. The highest BCUT2D eigenvalue weighted by atomic mass is 32.2. The van der Waals surface area contributed by atoms with Crippen molar-refractivity contribution in [3.8, 4) is 11.5 Å². The van der Waals surface area contributed by atoms with E-state index in [1.165, 1.54) is 11.4 Å². The second kappa shape index (κ2) is 10.3. The molecule has 1 saturated heterocycles.